The van der Waals surface area contributed by atoms with E-state index in [0.29, 0.717) is 41.0 Å². The van der Waals surface area contributed by atoms with Crippen LogP contribution in [0.4, 0.5) is 0 Å². The SMILES string of the molecule is Cn1c(=O)c2c(-c3cccc(Br)c3)n3c(c2n(C)c1=O)[C@@H](c1cccc(O)c1O)OCC3. The van der Waals surface area contributed by atoms with E-state index in [1.165, 1.54) is 17.7 Å². The summed E-state index contributed by atoms with van der Waals surface area (Å²) in [4.78, 5) is 26.2. The zero-order valence-electron chi connectivity index (χ0n) is 17.4. The number of para-hydroxylation sites is 1. The smallest absolute Gasteiger partial charge is 0.331 e. The lowest BCUT2D eigenvalue weighted by molar-refractivity contribution is 0.0462. The quantitative estimate of drug-likeness (QED) is 0.414. The zero-order valence-corrected chi connectivity index (χ0v) is 19.0. The molecule has 4 aromatic rings. The number of ether oxygens (including phenoxy) is 1. The first-order valence-corrected chi connectivity index (χ1v) is 10.8. The van der Waals surface area contributed by atoms with Crippen LogP contribution in [0.3, 0.4) is 0 Å². The number of aryl methyl sites for hydroxylation is 1. The van der Waals surface area contributed by atoms with Gasteiger partial charge in [-0.25, -0.2) is 4.79 Å². The number of phenols is 2. The van der Waals surface area contributed by atoms with Gasteiger partial charge in [0.25, 0.3) is 5.56 Å². The first-order chi connectivity index (χ1) is 15.3. The van der Waals surface area contributed by atoms with E-state index < -0.39 is 17.4 Å². The molecule has 3 heterocycles. The van der Waals surface area contributed by atoms with Gasteiger partial charge in [-0.2, -0.15) is 0 Å². The number of hydrogen-bond acceptors (Lipinski definition) is 5. The van der Waals surface area contributed by atoms with Crippen LogP contribution < -0.4 is 11.2 Å². The Hall–Kier alpha value is -3.30. The van der Waals surface area contributed by atoms with E-state index in [1.54, 1.807) is 19.2 Å². The number of phenolic OH excluding ortho intramolecular Hbond substituents is 2. The summed E-state index contributed by atoms with van der Waals surface area (Å²) in [7, 11) is 3.07. The number of rotatable bonds is 2. The van der Waals surface area contributed by atoms with E-state index in [-0.39, 0.29) is 11.5 Å². The summed E-state index contributed by atoms with van der Waals surface area (Å²) < 4.78 is 11.4. The van der Waals surface area contributed by atoms with Gasteiger partial charge in [-0.1, -0.05) is 40.2 Å². The summed E-state index contributed by atoms with van der Waals surface area (Å²) in [5.74, 6) is -0.561. The van der Waals surface area contributed by atoms with Gasteiger partial charge in [0, 0.05) is 36.2 Å². The first-order valence-electron chi connectivity index (χ1n) is 10.0. The van der Waals surface area contributed by atoms with Crippen molar-refractivity contribution in [3.63, 3.8) is 0 Å². The van der Waals surface area contributed by atoms with Crippen LogP contribution in [0.2, 0.25) is 0 Å². The molecule has 32 heavy (non-hydrogen) atoms. The number of halogens is 1. The molecule has 8 nitrogen and oxygen atoms in total. The van der Waals surface area contributed by atoms with Gasteiger partial charge in [0.05, 0.1) is 28.9 Å². The molecule has 0 bridgehead atoms. The van der Waals surface area contributed by atoms with E-state index in [2.05, 4.69) is 15.9 Å². The molecular weight excluding hydrogens is 478 g/mol. The number of hydrogen-bond donors (Lipinski definition) is 2. The third-order valence-electron chi connectivity index (χ3n) is 5.98. The predicted octanol–water partition coefficient (Wildman–Crippen LogP) is 3.00. The Morgan fingerprint density at radius 3 is 2.56 bits per heavy atom. The number of nitrogens with zero attached hydrogens (tertiary/aromatic N) is 3. The van der Waals surface area contributed by atoms with Crippen LogP contribution in [0, 0.1) is 0 Å². The molecule has 9 heteroatoms. The molecule has 1 atom stereocenters. The number of benzene rings is 2. The minimum atomic E-state index is -0.781. The highest BCUT2D eigenvalue weighted by molar-refractivity contribution is 9.10. The minimum Gasteiger partial charge on any atom is -0.504 e. The van der Waals surface area contributed by atoms with Gasteiger partial charge >= 0.3 is 5.69 Å². The van der Waals surface area contributed by atoms with Crippen LogP contribution in [0.25, 0.3) is 22.2 Å². The second-order valence-electron chi connectivity index (χ2n) is 7.79. The molecule has 2 N–H and O–H groups in total. The average molecular weight is 498 g/mol. The zero-order chi connectivity index (χ0) is 22.7. The van der Waals surface area contributed by atoms with Gasteiger partial charge in [0.2, 0.25) is 0 Å². The van der Waals surface area contributed by atoms with Gasteiger partial charge < -0.3 is 19.5 Å². The average Bonchev–Trinajstić information content (AvgIpc) is 3.14. The Morgan fingerprint density at radius 1 is 1.06 bits per heavy atom. The molecule has 0 radical (unpaired) electrons. The van der Waals surface area contributed by atoms with E-state index in [9.17, 15) is 19.8 Å². The van der Waals surface area contributed by atoms with Crippen molar-refractivity contribution in [1.29, 1.82) is 0 Å². The van der Waals surface area contributed by atoms with Crippen molar-refractivity contribution < 1.29 is 14.9 Å². The molecule has 5 rings (SSSR count). The van der Waals surface area contributed by atoms with Crippen LogP contribution in [0.1, 0.15) is 17.4 Å². The Labute approximate surface area is 190 Å². The molecule has 0 saturated heterocycles. The Balaban J connectivity index is 1.97. The summed E-state index contributed by atoms with van der Waals surface area (Å²) in [6.45, 7) is 0.780. The largest absolute Gasteiger partial charge is 0.504 e. The van der Waals surface area contributed by atoms with Crippen LogP contribution in [0.5, 0.6) is 11.5 Å². The minimum absolute atomic E-state index is 0.267. The van der Waals surface area contributed by atoms with Crippen LogP contribution >= 0.6 is 15.9 Å². The standard InChI is InChI=1S/C23H20BrN3O5/c1-25-18-16(22(30)26(2)23(25)31)17(12-5-3-6-13(24)11-12)27-9-10-32-21(19(18)27)14-7-4-8-15(28)20(14)29/h3-8,11,21,28-29H,9-10H2,1-2H3/t21-/m1/s1. The van der Waals surface area contributed by atoms with E-state index in [1.807, 2.05) is 28.8 Å². The predicted molar refractivity (Wildman–Crippen MR) is 123 cm³/mol. The highest BCUT2D eigenvalue weighted by atomic mass is 79.9. The van der Waals surface area contributed by atoms with E-state index in [4.69, 9.17) is 4.74 Å². The van der Waals surface area contributed by atoms with Crippen LogP contribution in [-0.2, 0) is 25.4 Å². The van der Waals surface area contributed by atoms with Crippen molar-refractivity contribution in [1.82, 2.24) is 13.7 Å². The second-order valence-corrected chi connectivity index (χ2v) is 8.71. The first kappa shape index (κ1) is 20.6. The van der Waals surface area contributed by atoms with Gasteiger partial charge in [-0.3, -0.25) is 13.9 Å². The maximum absolute atomic E-state index is 13.4. The molecule has 0 aliphatic carbocycles. The van der Waals surface area contributed by atoms with E-state index >= 15 is 0 Å². The van der Waals surface area contributed by atoms with Crippen LogP contribution in [-0.4, -0.2) is 30.5 Å². The Kier molecular flexibility index (Phi) is 4.75. The third-order valence-corrected chi connectivity index (χ3v) is 6.47. The van der Waals surface area contributed by atoms with Gasteiger partial charge in [-0.05, 0) is 18.2 Å². The second kappa shape index (κ2) is 7.39. The Bertz CT molecular complexity index is 1520. The van der Waals surface area contributed by atoms with Gasteiger partial charge in [0.15, 0.2) is 11.5 Å². The number of aromatic hydroxyl groups is 2. The third kappa shape index (κ3) is 2.85. The normalized spacial score (nSPS) is 15.8. The summed E-state index contributed by atoms with van der Waals surface area (Å²) in [5.41, 5.74) is 2.02. The van der Waals surface area contributed by atoms with Crippen molar-refractivity contribution in [3.05, 3.63) is 79.0 Å². The highest BCUT2D eigenvalue weighted by Gasteiger charge is 2.34. The summed E-state index contributed by atoms with van der Waals surface area (Å²) in [6.07, 6.45) is -0.781. The molecule has 1 aliphatic rings. The fraction of sp³-hybridized carbons (Fsp3) is 0.217. The topological polar surface area (TPSA) is 98.6 Å². The summed E-state index contributed by atoms with van der Waals surface area (Å²) in [5, 5.41) is 21.0. The highest BCUT2D eigenvalue weighted by Crippen LogP contribution is 2.44. The van der Waals surface area contributed by atoms with Gasteiger partial charge in [0.1, 0.15) is 6.10 Å². The molecule has 2 aromatic carbocycles. The Morgan fingerprint density at radius 2 is 1.81 bits per heavy atom. The maximum atomic E-state index is 13.4. The molecule has 0 amide bonds. The van der Waals surface area contributed by atoms with Crippen molar-refractivity contribution >= 4 is 26.8 Å². The molecule has 2 aromatic heterocycles. The molecular formula is C23H20BrN3O5. The molecule has 0 spiro atoms. The maximum Gasteiger partial charge on any atom is 0.331 e. The lowest BCUT2D eigenvalue weighted by Gasteiger charge is -2.28. The lowest BCUT2D eigenvalue weighted by atomic mass is 10.0. The molecule has 164 valence electrons. The van der Waals surface area contributed by atoms with Crippen molar-refractivity contribution in [2.45, 2.75) is 12.6 Å². The molecule has 0 saturated carbocycles. The molecule has 0 unspecified atom stereocenters. The van der Waals surface area contributed by atoms with E-state index in [0.717, 1.165) is 14.6 Å². The number of aromatic nitrogens is 3. The van der Waals surface area contributed by atoms with Crippen molar-refractivity contribution in [3.8, 4) is 22.8 Å². The summed E-state index contributed by atoms with van der Waals surface area (Å²) >= 11 is 3.50. The van der Waals surface area contributed by atoms with Crippen LogP contribution in [0.15, 0.2) is 56.5 Å². The van der Waals surface area contributed by atoms with Crippen molar-refractivity contribution in [2.75, 3.05) is 6.61 Å². The van der Waals surface area contributed by atoms with Gasteiger partial charge in [-0.15, -0.1) is 0 Å². The lowest BCUT2D eigenvalue weighted by Crippen LogP contribution is -2.37. The van der Waals surface area contributed by atoms with Crippen molar-refractivity contribution in [2.24, 2.45) is 14.1 Å². The fourth-order valence-corrected chi connectivity index (χ4v) is 4.91. The summed E-state index contributed by atoms with van der Waals surface area (Å²) in [6, 6.07) is 12.3. The fourth-order valence-electron chi connectivity index (χ4n) is 4.51. The molecule has 0 fully saturated rings. The monoisotopic (exact) mass is 497 g/mol. The molecule has 1 aliphatic heterocycles. The number of fused-ring (bicyclic) bond motifs is 3.